The van der Waals surface area contributed by atoms with Crippen LogP contribution < -0.4 is 0 Å². The van der Waals surface area contributed by atoms with Crippen molar-refractivity contribution in [2.24, 2.45) is 5.92 Å². The van der Waals surface area contributed by atoms with Crippen LogP contribution in [0.3, 0.4) is 0 Å². The fourth-order valence-corrected chi connectivity index (χ4v) is 8.92. The molecule has 0 radical (unpaired) electrons. The van der Waals surface area contributed by atoms with Crippen molar-refractivity contribution >= 4 is 17.9 Å². The summed E-state index contributed by atoms with van der Waals surface area (Å²) >= 11 is 0. The van der Waals surface area contributed by atoms with E-state index < -0.39 is 6.10 Å². The third kappa shape index (κ3) is 51.4. The molecule has 1 atom stereocenters. The minimum absolute atomic E-state index is 0.0624. The molecule has 0 bridgehead atoms. The van der Waals surface area contributed by atoms with E-state index in [0.29, 0.717) is 19.3 Å². The zero-order chi connectivity index (χ0) is 46.7. The van der Waals surface area contributed by atoms with Crippen LogP contribution in [0.1, 0.15) is 329 Å². The third-order valence-corrected chi connectivity index (χ3v) is 13.3. The molecule has 0 amide bonds. The largest absolute Gasteiger partial charge is 0.462 e. The maximum absolute atomic E-state index is 12.8. The molecular weight excluding hydrogens is 793 g/mol. The SMILES string of the molecule is CCCCCCCCCCCCCCCCCCCCCC(=O)O[C@H](COC(=O)CCCCCCCCCCCCCCCCCC)COC(=O)CCCCCCCCCCC(C)C. The molecular formula is C58H112O6. The van der Waals surface area contributed by atoms with E-state index in [1.54, 1.807) is 0 Å². The maximum atomic E-state index is 12.8. The van der Waals surface area contributed by atoms with Crippen molar-refractivity contribution in [2.45, 2.75) is 336 Å². The summed E-state index contributed by atoms with van der Waals surface area (Å²) in [7, 11) is 0. The number of hydrogen-bond donors (Lipinski definition) is 0. The Morgan fingerprint density at radius 3 is 0.766 bits per heavy atom. The molecule has 0 N–H and O–H groups in total. The van der Waals surface area contributed by atoms with Crippen molar-refractivity contribution < 1.29 is 28.6 Å². The van der Waals surface area contributed by atoms with Crippen LogP contribution in [0.5, 0.6) is 0 Å². The van der Waals surface area contributed by atoms with E-state index in [0.717, 1.165) is 63.7 Å². The van der Waals surface area contributed by atoms with Gasteiger partial charge in [-0.15, -0.1) is 0 Å². The first-order chi connectivity index (χ1) is 31.4. The van der Waals surface area contributed by atoms with Gasteiger partial charge in [-0.25, -0.2) is 0 Å². The number of rotatable bonds is 53. The first-order valence-corrected chi connectivity index (χ1v) is 28.9. The summed E-state index contributed by atoms with van der Waals surface area (Å²) in [6.45, 7) is 9.02. The highest BCUT2D eigenvalue weighted by Gasteiger charge is 2.19. The Hall–Kier alpha value is -1.59. The molecule has 0 fully saturated rings. The standard InChI is InChI=1S/C58H112O6/c1-5-7-9-11-13-15-17-19-21-23-24-25-27-29-31-33-39-43-47-51-58(61)64-55(53-63-57(60)50-46-42-38-35-34-36-40-44-48-54(3)4)52-62-56(59)49-45-41-37-32-30-28-26-22-20-18-16-14-12-10-8-6-2/h54-55H,5-53H2,1-4H3/t55-/m1/s1. The number of carbonyl (C=O) groups is 3. The average Bonchev–Trinajstić information content (AvgIpc) is 3.28. The molecule has 0 aromatic carbocycles. The highest BCUT2D eigenvalue weighted by atomic mass is 16.6. The third-order valence-electron chi connectivity index (χ3n) is 13.3. The maximum Gasteiger partial charge on any atom is 0.306 e. The van der Waals surface area contributed by atoms with Crippen LogP contribution in [0.25, 0.3) is 0 Å². The first kappa shape index (κ1) is 62.4. The van der Waals surface area contributed by atoms with E-state index >= 15 is 0 Å². The molecule has 0 saturated carbocycles. The summed E-state index contributed by atoms with van der Waals surface area (Å²) in [4.78, 5) is 38.1. The van der Waals surface area contributed by atoms with E-state index in [1.165, 1.54) is 225 Å². The van der Waals surface area contributed by atoms with Gasteiger partial charge in [-0.05, 0) is 25.2 Å². The highest BCUT2D eigenvalue weighted by molar-refractivity contribution is 5.71. The Balaban J connectivity index is 4.25. The predicted octanol–water partition coefficient (Wildman–Crippen LogP) is 19.0. The molecule has 0 aromatic rings. The van der Waals surface area contributed by atoms with Gasteiger partial charge in [0.05, 0.1) is 0 Å². The van der Waals surface area contributed by atoms with Crippen molar-refractivity contribution in [2.75, 3.05) is 13.2 Å². The Bertz CT molecular complexity index is 964. The van der Waals surface area contributed by atoms with Gasteiger partial charge in [0.25, 0.3) is 0 Å². The number of ether oxygens (including phenoxy) is 3. The van der Waals surface area contributed by atoms with Crippen LogP contribution in [0.4, 0.5) is 0 Å². The second-order valence-electron chi connectivity index (χ2n) is 20.4. The summed E-state index contributed by atoms with van der Waals surface area (Å²) in [5.41, 5.74) is 0. The van der Waals surface area contributed by atoms with Crippen molar-refractivity contribution in [3.8, 4) is 0 Å². The molecule has 0 saturated heterocycles. The lowest BCUT2D eigenvalue weighted by Gasteiger charge is -2.18. The molecule has 0 spiro atoms. The van der Waals surface area contributed by atoms with Gasteiger partial charge in [0.1, 0.15) is 13.2 Å². The van der Waals surface area contributed by atoms with Gasteiger partial charge in [-0.3, -0.25) is 14.4 Å². The number of carbonyl (C=O) groups excluding carboxylic acids is 3. The summed E-state index contributed by atoms with van der Waals surface area (Å²) in [5, 5.41) is 0. The molecule has 0 aliphatic heterocycles. The van der Waals surface area contributed by atoms with E-state index in [1.807, 2.05) is 0 Å². The minimum atomic E-state index is -0.762. The predicted molar refractivity (Wildman–Crippen MR) is 275 cm³/mol. The lowest BCUT2D eigenvalue weighted by molar-refractivity contribution is -0.167. The van der Waals surface area contributed by atoms with Gasteiger partial charge in [-0.1, -0.05) is 291 Å². The molecule has 380 valence electrons. The van der Waals surface area contributed by atoms with E-state index in [-0.39, 0.29) is 31.1 Å². The Labute approximate surface area is 399 Å². The Kier molecular flexibility index (Phi) is 51.1. The van der Waals surface area contributed by atoms with Gasteiger partial charge in [-0.2, -0.15) is 0 Å². The fourth-order valence-electron chi connectivity index (χ4n) is 8.92. The van der Waals surface area contributed by atoms with Gasteiger partial charge < -0.3 is 14.2 Å². The number of unbranched alkanes of at least 4 members (excludes halogenated alkanes) is 40. The number of esters is 3. The zero-order valence-electron chi connectivity index (χ0n) is 43.8. The van der Waals surface area contributed by atoms with Gasteiger partial charge in [0.2, 0.25) is 0 Å². The molecule has 64 heavy (non-hydrogen) atoms. The van der Waals surface area contributed by atoms with E-state index in [2.05, 4.69) is 27.7 Å². The molecule has 6 heteroatoms. The van der Waals surface area contributed by atoms with Crippen LogP contribution in [0.15, 0.2) is 0 Å². The molecule has 0 unspecified atom stereocenters. The van der Waals surface area contributed by atoms with E-state index in [9.17, 15) is 14.4 Å². The van der Waals surface area contributed by atoms with Gasteiger partial charge in [0.15, 0.2) is 6.10 Å². The quantitative estimate of drug-likeness (QED) is 0.0344. The smallest absolute Gasteiger partial charge is 0.306 e. The van der Waals surface area contributed by atoms with Crippen LogP contribution >= 0.6 is 0 Å². The van der Waals surface area contributed by atoms with Crippen molar-refractivity contribution in [1.82, 2.24) is 0 Å². The van der Waals surface area contributed by atoms with E-state index in [4.69, 9.17) is 14.2 Å². The second kappa shape index (κ2) is 52.4. The van der Waals surface area contributed by atoms with Crippen molar-refractivity contribution in [1.29, 1.82) is 0 Å². The first-order valence-electron chi connectivity index (χ1n) is 28.9. The zero-order valence-corrected chi connectivity index (χ0v) is 43.8. The van der Waals surface area contributed by atoms with Crippen LogP contribution in [0, 0.1) is 5.92 Å². The lowest BCUT2D eigenvalue weighted by Crippen LogP contribution is -2.30. The number of hydrogen-bond acceptors (Lipinski definition) is 6. The average molecular weight is 906 g/mol. The fraction of sp³-hybridized carbons (Fsp3) is 0.948. The minimum Gasteiger partial charge on any atom is -0.462 e. The summed E-state index contributed by atoms with van der Waals surface area (Å²) in [5.74, 6) is -0.0423. The Morgan fingerprint density at radius 1 is 0.297 bits per heavy atom. The summed E-state index contributed by atoms with van der Waals surface area (Å²) < 4.78 is 16.9. The highest BCUT2D eigenvalue weighted by Crippen LogP contribution is 2.18. The van der Waals surface area contributed by atoms with Crippen molar-refractivity contribution in [3.05, 3.63) is 0 Å². The Morgan fingerprint density at radius 2 is 0.516 bits per heavy atom. The van der Waals surface area contributed by atoms with Crippen molar-refractivity contribution in [3.63, 3.8) is 0 Å². The monoisotopic (exact) mass is 905 g/mol. The van der Waals surface area contributed by atoms with Crippen LogP contribution in [-0.2, 0) is 28.6 Å². The van der Waals surface area contributed by atoms with Crippen LogP contribution in [-0.4, -0.2) is 37.2 Å². The second-order valence-corrected chi connectivity index (χ2v) is 20.4. The molecule has 6 nitrogen and oxygen atoms in total. The molecule has 0 rings (SSSR count). The summed E-state index contributed by atoms with van der Waals surface area (Å²) in [6, 6.07) is 0. The summed E-state index contributed by atoms with van der Waals surface area (Å²) in [6.07, 6.45) is 56.7. The van der Waals surface area contributed by atoms with Crippen LogP contribution in [0.2, 0.25) is 0 Å². The molecule has 0 heterocycles. The van der Waals surface area contributed by atoms with Gasteiger partial charge in [0, 0.05) is 19.3 Å². The topological polar surface area (TPSA) is 78.9 Å². The molecule has 0 aliphatic carbocycles. The van der Waals surface area contributed by atoms with Gasteiger partial charge >= 0.3 is 17.9 Å². The molecule has 0 aromatic heterocycles. The lowest BCUT2D eigenvalue weighted by atomic mass is 10.0. The molecule has 0 aliphatic rings. The normalized spacial score (nSPS) is 12.0.